The van der Waals surface area contributed by atoms with Crippen LogP contribution >= 0.6 is 0 Å². The molecule has 0 saturated carbocycles. The summed E-state index contributed by atoms with van der Waals surface area (Å²) >= 11 is 0. The standard InChI is InChI=1S/C19H18O5/c1-12-10-17(24-18(12)20)23-11-16(19(21)22-2)15-9-5-7-13-6-3-4-8-14(13)15/h3-10,16-17H,11H2,1-2H3. The lowest BCUT2D eigenvalue weighted by atomic mass is 9.94. The minimum Gasteiger partial charge on any atom is -0.468 e. The maximum atomic E-state index is 12.3. The molecule has 0 amide bonds. The van der Waals surface area contributed by atoms with Crippen LogP contribution in [-0.4, -0.2) is 31.9 Å². The van der Waals surface area contributed by atoms with Gasteiger partial charge in [-0.2, -0.15) is 0 Å². The normalized spacial score (nSPS) is 18.2. The van der Waals surface area contributed by atoms with Crippen molar-refractivity contribution < 1.29 is 23.8 Å². The summed E-state index contributed by atoms with van der Waals surface area (Å²) in [7, 11) is 1.35. The minimum atomic E-state index is -0.764. The second-order valence-electron chi connectivity index (χ2n) is 5.60. The Balaban J connectivity index is 1.87. The van der Waals surface area contributed by atoms with E-state index in [1.54, 1.807) is 13.0 Å². The summed E-state index contributed by atoms with van der Waals surface area (Å²) < 4.78 is 15.6. The van der Waals surface area contributed by atoms with Gasteiger partial charge in [-0.1, -0.05) is 42.5 Å². The van der Waals surface area contributed by atoms with E-state index in [0.29, 0.717) is 5.57 Å². The Morgan fingerprint density at radius 1 is 1.21 bits per heavy atom. The summed E-state index contributed by atoms with van der Waals surface area (Å²) in [6, 6.07) is 13.6. The Bertz CT molecular complexity index is 803. The van der Waals surface area contributed by atoms with Crippen LogP contribution in [0, 0.1) is 0 Å². The van der Waals surface area contributed by atoms with Crippen LogP contribution < -0.4 is 0 Å². The van der Waals surface area contributed by atoms with Gasteiger partial charge in [0, 0.05) is 5.57 Å². The third kappa shape index (κ3) is 3.16. The van der Waals surface area contributed by atoms with E-state index in [2.05, 4.69) is 0 Å². The van der Waals surface area contributed by atoms with Gasteiger partial charge < -0.3 is 14.2 Å². The summed E-state index contributed by atoms with van der Waals surface area (Å²) in [6.07, 6.45) is 0.833. The second kappa shape index (κ2) is 6.84. The van der Waals surface area contributed by atoms with Crippen LogP contribution in [0.1, 0.15) is 18.4 Å². The molecule has 24 heavy (non-hydrogen) atoms. The molecule has 0 bridgehead atoms. The van der Waals surface area contributed by atoms with Crippen LogP contribution in [-0.2, 0) is 23.8 Å². The molecule has 0 spiro atoms. The van der Waals surface area contributed by atoms with E-state index in [0.717, 1.165) is 16.3 Å². The average molecular weight is 326 g/mol. The van der Waals surface area contributed by atoms with Gasteiger partial charge >= 0.3 is 11.9 Å². The Morgan fingerprint density at radius 2 is 1.96 bits per heavy atom. The van der Waals surface area contributed by atoms with E-state index in [-0.39, 0.29) is 6.61 Å². The highest BCUT2D eigenvalue weighted by Gasteiger charge is 2.28. The van der Waals surface area contributed by atoms with Crippen LogP contribution in [0.15, 0.2) is 54.1 Å². The maximum absolute atomic E-state index is 12.3. The molecule has 5 heteroatoms. The van der Waals surface area contributed by atoms with E-state index < -0.39 is 24.1 Å². The SMILES string of the molecule is COC(=O)C(COC1C=C(C)C(=O)O1)c1cccc2ccccc12. The monoisotopic (exact) mass is 326 g/mol. The number of hydrogen-bond acceptors (Lipinski definition) is 5. The first kappa shape index (κ1) is 16.2. The predicted octanol–water partition coefficient (Wildman–Crippen LogP) is 2.94. The van der Waals surface area contributed by atoms with E-state index in [1.165, 1.54) is 7.11 Å². The Morgan fingerprint density at radius 3 is 2.67 bits per heavy atom. The topological polar surface area (TPSA) is 61.8 Å². The Hall–Kier alpha value is -2.66. The van der Waals surface area contributed by atoms with Gasteiger partial charge in [0.25, 0.3) is 0 Å². The Labute approximate surface area is 139 Å². The van der Waals surface area contributed by atoms with Gasteiger partial charge in [0.1, 0.15) is 5.92 Å². The van der Waals surface area contributed by atoms with Gasteiger partial charge in [-0.05, 0) is 29.3 Å². The van der Waals surface area contributed by atoms with E-state index in [4.69, 9.17) is 14.2 Å². The van der Waals surface area contributed by atoms with Gasteiger partial charge in [0.05, 0.1) is 13.7 Å². The smallest absolute Gasteiger partial charge is 0.336 e. The maximum Gasteiger partial charge on any atom is 0.336 e. The first-order valence-electron chi connectivity index (χ1n) is 7.66. The molecule has 0 saturated heterocycles. The lowest BCUT2D eigenvalue weighted by Gasteiger charge is -2.19. The molecule has 1 aliphatic heterocycles. The molecule has 124 valence electrons. The van der Waals surface area contributed by atoms with Crippen molar-refractivity contribution in [3.8, 4) is 0 Å². The van der Waals surface area contributed by atoms with Crippen molar-refractivity contribution in [2.45, 2.75) is 19.1 Å². The lowest BCUT2D eigenvalue weighted by molar-refractivity contribution is -0.161. The number of hydrogen-bond donors (Lipinski definition) is 0. The van der Waals surface area contributed by atoms with Crippen LogP contribution in [0.5, 0.6) is 0 Å². The summed E-state index contributed by atoms with van der Waals surface area (Å²) in [5.41, 5.74) is 1.32. The Kier molecular flexibility index (Phi) is 4.62. The number of rotatable bonds is 5. The van der Waals surface area contributed by atoms with E-state index in [1.807, 2.05) is 42.5 Å². The number of cyclic esters (lactones) is 1. The third-order valence-electron chi connectivity index (χ3n) is 4.04. The van der Waals surface area contributed by atoms with Crippen LogP contribution in [0.4, 0.5) is 0 Å². The number of carbonyl (C=O) groups is 2. The molecule has 2 unspecified atom stereocenters. The van der Waals surface area contributed by atoms with Gasteiger partial charge in [0.2, 0.25) is 6.29 Å². The van der Waals surface area contributed by atoms with Crippen molar-refractivity contribution in [1.29, 1.82) is 0 Å². The zero-order valence-electron chi connectivity index (χ0n) is 13.5. The van der Waals surface area contributed by atoms with Crippen LogP contribution in [0.2, 0.25) is 0 Å². The number of fused-ring (bicyclic) bond motifs is 1. The predicted molar refractivity (Wildman–Crippen MR) is 88.3 cm³/mol. The zero-order chi connectivity index (χ0) is 17.1. The summed E-state index contributed by atoms with van der Waals surface area (Å²) in [6.45, 7) is 1.72. The minimum absolute atomic E-state index is 0.0579. The summed E-state index contributed by atoms with van der Waals surface area (Å²) in [5.74, 6) is -1.40. The van der Waals surface area contributed by atoms with Crippen molar-refractivity contribution in [3.63, 3.8) is 0 Å². The van der Waals surface area contributed by atoms with Crippen molar-refractivity contribution in [2.75, 3.05) is 13.7 Å². The fourth-order valence-electron chi connectivity index (χ4n) is 2.76. The average Bonchev–Trinajstić information content (AvgIpc) is 2.93. The first-order valence-corrected chi connectivity index (χ1v) is 7.66. The van der Waals surface area contributed by atoms with Gasteiger partial charge in [0.15, 0.2) is 0 Å². The number of ether oxygens (including phenoxy) is 3. The molecule has 0 aliphatic carbocycles. The van der Waals surface area contributed by atoms with Crippen molar-refractivity contribution >= 4 is 22.7 Å². The molecule has 1 aliphatic rings. The molecular weight excluding hydrogens is 308 g/mol. The largest absolute Gasteiger partial charge is 0.468 e. The highest BCUT2D eigenvalue weighted by Crippen LogP contribution is 2.28. The van der Waals surface area contributed by atoms with Gasteiger partial charge in [-0.15, -0.1) is 0 Å². The zero-order valence-corrected chi connectivity index (χ0v) is 13.5. The molecule has 0 fully saturated rings. The number of benzene rings is 2. The summed E-state index contributed by atoms with van der Waals surface area (Å²) in [5, 5.41) is 2.00. The molecule has 2 aromatic rings. The fraction of sp³-hybridized carbons (Fsp3) is 0.263. The molecule has 0 N–H and O–H groups in total. The van der Waals surface area contributed by atoms with Crippen molar-refractivity contribution in [2.24, 2.45) is 0 Å². The van der Waals surface area contributed by atoms with E-state index in [9.17, 15) is 9.59 Å². The second-order valence-corrected chi connectivity index (χ2v) is 5.60. The van der Waals surface area contributed by atoms with Gasteiger partial charge in [-0.3, -0.25) is 4.79 Å². The highest BCUT2D eigenvalue weighted by atomic mass is 16.7. The van der Waals surface area contributed by atoms with Crippen molar-refractivity contribution in [1.82, 2.24) is 0 Å². The van der Waals surface area contributed by atoms with Crippen LogP contribution in [0.25, 0.3) is 10.8 Å². The van der Waals surface area contributed by atoms with Gasteiger partial charge in [-0.25, -0.2) is 4.79 Å². The molecule has 2 aromatic carbocycles. The molecule has 3 rings (SSSR count). The van der Waals surface area contributed by atoms with Crippen molar-refractivity contribution in [3.05, 3.63) is 59.7 Å². The molecule has 0 aromatic heterocycles. The summed E-state index contributed by atoms with van der Waals surface area (Å²) in [4.78, 5) is 23.7. The highest BCUT2D eigenvalue weighted by molar-refractivity contribution is 5.91. The quantitative estimate of drug-likeness (QED) is 0.791. The van der Waals surface area contributed by atoms with Crippen LogP contribution in [0.3, 0.4) is 0 Å². The molecule has 0 radical (unpaired) electrons. The number of esters is 2. The lowest BCUT2D eigenvalue weighted by Crippen LogP contribution is -2.23. The number of methoxy groups -OCH3 is 1. The molecular formula is C19H18O5. The number of carbonyl (C=O) groups excluding carboxylic acids is 2. The van der Waals surface area contributed by atoms with E-state index >= 15 is 0 Å². The third-order valence-corrected chi connectivity index (χ3v) is 4.04. The molecule has 1 heterocycles. The molecule has 2 atom stereocenters. The molecule has 5 nitrogen and oxygen atoms in total. The fourth-order valence-corrected chi connectivity index (χ4v) is 2.76. The first-order chi connectivity index (χ1) is 11.6.